The van der Waals surface area contributed by atoms with Gasteiger partial charge in [-0.25, -0.2) is 4.98 Å². The number of aromatic nitrogens is 1. The zero-order valence-corrected chi connectivity index (χ0v) is 12.8. The summed E-state index contributed by atoms with van der Waals surface area (Å²) in [6.07, 6.45) is 5.24. The molecule has 1 aliphatic rings. The van der Waals surface area contributed by atoms with Crippen LogP contribution in [0.2, 0.25) is 5.02 Å². The third kappa shape index (κ3) is 5.37. The Balaban J connectivity index is 1.87. The molecule has 4 heteroatoms. The lowest BCUT2D eigenvalue weighted by molar-refractivity contribution is 0.236. The van der Waals surface area contributed by atoms with E-state index in [1.54, 1.807) is 6.20 Å². The second kappa shape index (κ2) is 6.10. The van der Waals surface area contributed by atoms with Crippen molar-refractivity contribution in [2.75, 3.05) is 6.61 Å². The van der Waals surface area contributed by atoms with Crippen molar-refractivity contribution in [3.8, 4) is 5.88 Å². The van der Waals surface area contributed by atoms with Crippen molar-refractivity contribution in [2.45, 2.75) is 52.6 Å². The fourth-order valence-electron chi connectivity index (χ4n) is 1.68. The minimum atomic E-state index is 0.281. The Bertz CT molecular complexity index is 425. The highest BCUT2D eigenvalue weighted by Gasteiger charge is 2.20. The van der Waals surface area contributed by atoms with Gasteiger partial charge in [-0.2, -0.15) is 0 Å². The van der Waals surface area contributed by atoms with Crippen LogP contribution in [0, 0.1) is 5.41 Å². The highest BCUT2D eigenvalue weighted by molar-refractivity contribution is 6.31. The Morgan fingerprint density at radius 3 is 2.79 bits per heavy atom. The first kappa shape index (κ1) is 14.6. The van der Waals surface area contributed by atoms with Crippen molar-refractivity contribution in [2.24, 2.45) is 5.41 Å². The van der Waals surface area contributed by atoms with Crippen LogP contribution < -0.4 is 10.1 Å². The van der Waals surface area contributed by atoms with E-state index >= 15 is 0 Å². The van der Waals surface area contributed by atoms with Gasteiger partial charge in [0.2, 0.25) is 5.88 Å². The summed E-state index contributed by atoms with van der Waals surface area (Å²) in [6, 6.07) is 2.62. The molecule has 1 aliphatic carbocycles. The van der Waals surface area contributed by atoms with Crippen molar-refractivity contribution < 1.29 is 4.74 Å². The van der Waals surface area contributed by atoms with E-state index in [1.165, 1.54) is 12.8 Å². The van der Waals surface area contributed by atoms with Crippen LogP contribution in [0.25, 0.3) is 0 Å². The molecule has 1 heterocycles. The molecule has 1 fully saturated rings. The Morgan fingerprint density at radius 2 is 2.16 bits per heavy atom. The molecule has 0 unspecified atom stereocenters. The molecule has 0 saturated heterocycles. The summed E-state index contributed by atoms with van der Waals surface area (Å²) in [5.41, 5.74) is 1.34. The van der Waals surface area contributed by atoms with Crippen LogP contribution in [0.1, 0.15) is 45.6 Å². The fourth-order valence-corrected chi connectivity index (χ4v) is 1.85. The molecule has 106 valence electrons. The van der Waals surface area contributed by atoms with E-state index in [2.05, 4.69) is 31.1 Å². The summed E-state index contributed by atoms with van der Waals surface area (Å²) < 4.78 is 5.70. The Labute approximate surface area is 120 Å². The highest BCUT2D eigenvalue weighted by Crippen LogP contribution is 2.24. The van der Waals surface area contributed by atoms with Gasteiger partial charge in [-0.15, -0.1) is 0 Å². The number of ether oxygens (including phenoxy) is 1. The maximum absolute atomic E-state index is 6.15. The Morgan fingerprint density at radius 1 is 1.42 bits per heavy atom. The average Bonchev–Trinajstić information content (AvgIpc) is 3.12. The topological polar surface area (TPSA) is 34.1 Å². The summed E-state index contributed by atoms with van der Waals surface area (Å²) in [5, 5.41) is 4.16. The maximum Gasteiger partial charge on any atom is 0.213 e. The molecule has 1 saturated carbocycles. The number of pyridine rings is 1. The molecule has 1 aromatic rings. The molecule has 0 atom stereocenters. The molecule has 2 rings (SSSR count). The van der Waals surface area contributed by atoms with Gasteiger partial charge in [0.05, 0.1) is 11.6 Å². The molecule has 0 aromatic carbocycles. The monoisotopic (exact) mass is 282 g/mol. The van der Waals surface area contributed by atoms with Crippen molar-refractivity contribution in [1.82, 2.24) is 10.3 Å². The van der Waals surface area contributed by atoms with Gasteiger partial charge in [0.1, 0.15) is 0 Å². The lowest BCUT2D eigenvalue weighted by Gasteiger charge is -2.18. The first-order valence-corrected chi connectivity index (χ1v) is 7.32. The van der Waals surface area contributed by atoms with Crippen LogP contribution in [0.3, 0.4) is 0 Å². The molecule has 0 aliphatic heterocycles. The lowest BCUT2D eigenvalue weighted by atomic mass is 9.93. The number of hydrogen-bond acceptors (Lipinski definition) is 3. The normalized spacial score (nSPS) is 15.6. The van der Waals surface area contributed by atoms with E-state index in [9.17, 15) is 0 Å². The van der Waals surface area contributed by atoms with E-state index in [1.807, 2.05) is 6.07 Å². The zero-order chi connectivity index (χ0) is 13.9. The molecular weight excluding hydrogens is 260 g/mol. The number of hydrogen-bond donors (Lipinski definition) is 1. The largest absolute Gasteiger partial charge is 0.478 e. The standard InChI is InChI=1S/C15H23ClN2O/c1-15(2,3)6-7-19-14-8-11(13(16)10-18-14)9-17-12-4-5-12/h8,10,12,17H,4-7,9H2,1-3H3. The molecule has 1 N–H and O–H groups in total. The average molecular weight is 283 g/mol. The molecular formula is C15H23ClN2O. The van der Waals surface area contributed by atoms with Gasteiger partial charge in [-0.3, -0.25) is 0 Å². The summed E-state index contributed by atoms with van der Waals surface area (Å²) in [4.78, 5) is 4.22. The number of nitrogens with zero attached hydrogens (tertiary/aromatic N) is 1. The third-order valence-corrected chi connectivity index (χ3v) is 3.51. The summed E-state index contributed by atoms with van der Waals surface area (Å²) in [6.45, 7) is 8.10. The quantitative estimate of drug-likeness (QED) is 0.862. The van der Waals surface area contributed by atoms with Gasteiger partial charge in [0.25, 0.3) is 0 Å². The summed E-state index contributed by atoms with van der Waals surface area (Å²) in [5.74, 6) is 0.668. The lowest BCUT2D eigenvalue weighted by Crippen LogP contribution is -2.16. The molecule has 0 amide bonds. The van der Waals surface area contributed by atoms with Crippen molar-refractivity contribution >= 4 is 11.6 Å². The predicted molar refractivity (Wildman–Crippen MR) is 78.7 cm³/mol. The van der Waals surface area contributed by atoms with Gasteiger partial charge in [0.15, 0.2) is 0 Å². The minimum absolute atomic E-state index is 0.281. The molecule has 0 bridgehead atoms. The van der Waals surface area contributed by atoms with E-state index < -0.39 is 0 Å². The molecule has 0 spiro atoms. The third-order valence-electron chi connectivity index (χ3n) is 3.17. The van der Waals surface area contributed by atoms with Crippen molar-refractivity contribution in [1.29, 1.82) is 0 Å². The van der Waals surface area contributed by atoms with Gasteiger partial charge in [-0.1, -0.05) is 32.4 Å². The smallest absolute Gasteiger partial charge is 0.213 e. The van der Waals surface area contributed by atoms with E-state index in [0.717, 1.165) is 18.5 Å². The number of nitrogens with one attached hydrogen (secondary N) is 1. The maximum atomic E-state index is 6.15. The first-order valence-electron chi connectivity index (χ1n) is 6.95. The minimum Gasteiger partial charge on any atom is -0.478 e. The number of halogens is 1. The summed E-state index contributed by atoms with van der Waals surface area (Å²) in [7, 11) is 0. The molecule has 0 radical (unpaired) electrons. The van der Waals surface area contributed by atoms with E-state index in [0.29, 0.717) is 23.6 Å². The van der Waals surface area contributed by atoms with Crippen LogP contribution in [0.4, 0.5) is 0 Å². The Hall–Kier alpha value is -0.800. The number of rotatable bonds is 6. The second-order valence-electron chi connectivity index (χ2n) is 6.43. The fraction of sp³-hybridized carbons (Fsp3) is 0.667. The van der Waals surface area contributed by atoms with Gasteiger partial charge in [0, 0.05) is 24.8 Å². The van der Waals surface area contributed by atoms with Gasteiger partial charge in [-0.05, 0) is 30.2 Å². The second-order valence-corrected chi connectivity index (χ2v) is 6.84. The first-order chi connectivity index (χ1) is 8.94. The van der Waals surface area contributed by atoms with Crippen LogP contribution in [-0.4, -0.2) is 17.6 Å². The van der Waals surface area contributed by atoms with Gasteiger partial charge >= 0.3 is 0 Å². The Kier molecular flexibility index (Phi) is 4.69. The van der Waals surface area contributed by atoms with Crippen LogP contribution >= 0.6 is 11.6 Å². The summed E-state index contributed by atoms with van der Waals surface area (Å²) >= 11 is 6.15. The van der Waals surface area contributed by atoms with Crippen LogP contribution in [0.15, 0.2) is 12.3 Å². The SMILES string of the molecule is CC(C)(C)CCOc1cc(CNC2CC2)c(Cl)cn1. The van der Waals surface area contributed by atoms with E-state index in [4.69, 9.17) is 16.3 Å². The van der Waals surface area contributed by atoms with Crippen molar-refractivity contribution in [3.63, 3.8) is 0 Å². The van der Waals surface area contributed by atoms with Crippen LogP contribution in [0.5, 0.6) is 5.88 Å². The zero-order valence-electron chi connectivity index (χ0n) is 12.0. The highest BCUT2D eigenvalue weighted by atomic mass is 35.5. The molecule has 3 nitrogen and oxygen atoms in total. The predicted octanol–water partition coefficient (Wildman–Crippen LogP) is 3.80. The van der Waals surface area contributed by atoms with Crippen molar-refractivity contribution in [3.05, 3.63) is 22.8 Å². The van der Waals surface area contributed by atoms with Crippen LogP contribution in [-0.2, 0) is 6.54 Å². The van der Waals surface area contributed by atoms with Gasteiger partial charge < -0.3 is 10.1 Å². The molecule has 19 heavy (non-hydrogen) atoms. The molecule has 1 aromatic heterocycles. The van der Waals surface area contributed by atoms with E-state index in [-0.39, 0.29) is 5.41 Å².